The summed E-state index contributed by atoms with van der Waals surface area (Å²) in [6, 6.07) is 17.7. The van der Waals surface area contributed by atoms with E-state index in [0.717, 1.165) is 11.1 Å². The van der Waals surface area contributed by atoms with E-state index < -0.39 is 18.1 Å². The van der Waals surface area contributed by atoms with Gasteiger partial charge in [0.1, 0.15) is 19.3 Å². The van der Waals surface area contributed by atoms with Gasteiger partial charge in [-0.2, -0.15) is 12.6 Å². The molecule has 24 heavy (non-hydrogen) atoms. The molecule has 2 aromatic rings. The van der Waals surface area contributed by atoms with Crippen LogP contribution in [0.25, 0.3) is 0 Å². The van der Waals surface area contributed by atoms with E-state index in [9.17, 15) is 9.59 Å². The number of rotatable bonds is 7. The maximum Gasteiger partial charge on any atom is 0.408 e. The largest absolute Gasteiger partial charge is 0.459 e. The van der Waals surface area contributed by atoms with Crippen molar-refractivity contribution in [1.29, 1.82) is 0 Å². The Morgan fingerprint density at radius 1 is 0.875 bits per heavy atom. The van der Waals surface area contributed by atoms with E-state index in [1.807, 2.05) is 60.7 Å². The lowest BCUT2D eigenvalue weighted by Crippen LogP contribution is -2.43. The Bertz CT molecular complexity index is 649. The highest BCUT2D eigenvalue weighted by Gasteiger charge is 2.21. The van der Waals surface area contributed by atoms with Gasteiger partial charge in [-0.3, -0.25) is 0 Å². The summed E-state index contributed by atoms with van der Waals surface area (Å²) in [7, 11) is 0. The van der Waals surface area contributed by atoms with Gasteiger partial charge in [0.15, 0.2) is 0 Å². The Labute approximate surface area is 146 Å². The fourth-order valence-electron chi connectivity index (χ4n) is 1.92. The van der Waals surface area contributed by atoms with E-state index in [-0.39, 0.29) is 19.0 Å². The van der Waals surface area contributed by atoms with Crippen molar-refractivity contribution in [3.8, 4) is 0 Å². The fraction of sp³-hybridized carbons (Fsp3) is 0.222. The summed E-state index contributed by atoms with van der Waals surface area (Å²) in [5.41, 5.74) is 1.73. The molecular formula is C18H19NO4S. The van der Waals surface area contributed by atoms with Gasteiger partial charge >= 0.3 is 12.1 Å². The lowest BCUT2D eigenvalue weighted by molar-refractivity contribution is -0.146. The van der Waals surface area contributed by atoms with Crippen LogP contribution in [0.5, 0.6) is 0 Å². The van der Waals surface area contributed by atoms with Gasteiger partial charge in [0, 0.05) is 5.75 Å². The number of ether oxygens (including phenoxy) is 2. The predicted molar refractivity (Wildman–Crippen MR) is 93.6 cm³/mol. The monoisotopic (exact) mass is 345 g/mol. The summed E-state index contributed by atoms with van der Waals surface area (Å²) in [5.74, 6) is -0.431. The smallest absolute Gasteiger partial charge is 0.408 e. The molecular weight excluding hydrogens is 326 g/mol. The number of hydrogen-bond donors (Lipinski definition) is 2. The normalized spacial score (nSPS) is 11.4. The molecule has 1 amide bonds. The highest BCUT2D eigenvalue weighted by molar-refractivity contribution is 7.80. The van der Waals surface area contributed by atoms with Gasteiger partial charge in [-0.15, -0.1) is 0 Å². The number of esters is 1. The minimum absolute atomic E-state index is 0.119. The molecule has 0 saturated carbocycles. The Morgan fingerprint density at radius 3 is 1.88 bits per heavy atom. The van der Waals surface area contributed by atoms with Crippen LogP contribution in [0.3, 0.4) is 0 Å². The lowest BCUT2D eigenvalue weighted by atomic mass is 10.2. The zero-order valence-electron chi connectivity index (χ0n) is 13.1. The Morgan fingerprint density at radius 2 is 1.38 bits per heavy atom. The summed E-state index contributed by atoms with van der Waals surface area (Å²) < 4.78 is 10.3. The third kappa shape index (κ3) is 5.96. The first kappa shape index (κ1) is 17.9. The van der Waals surface area contributed by atoms with Gasteiger partial charge in [-0.1, -0.05) is 60.7 Å². The highest BCUT2D eigenvalue weighted by atomic mass is 32.1. The molecule has 6 heteroatoms. The number of amides is 1. The highest BCUT2D eigenvalue weighted by Crippen LogP contribution is 2.04. The molecule has 0 radical (unpaired) electrons. The number of nitrogens with one attached hydrogen (secondary N) is 1. The number of alkyl carbamates (subject to hydrolysis) is 1. The topological polar surface area (TPSA) is 64.6 Å². The first-order valence-electron chi connectivity index (χ1n) is 7.47. The van der Waals surface area contributed by atoms with Gasteiger partial charge in [0.25, 0.3) is 0 Å². The molecule has 5 nitrogen and oxygen atoms in total. The van der Waals surface area contributed by atoms with E-state index in [1.165, 1.54) is 0 Å². The molecule has 0 bridgehead atoms. The third-order valence-corrected chi connectivity index (χ3v) is 3.56. The first-order valence-corrected chi connectivity index (χ1v) is 8.11. The van der Waals surface area contributed by atoms with Crippen molar-refractivity contribution < 1.29 is 19.1 Å². The number of thiol groups is 1. The molecule has 0 aliphatic rings. The number of carbonyl (C=O) groups excluding carboxylic acids is 2. The van der Waals surface area contributed by atoms with Gasteiger partial charge in [0.05, 0.1) is 0 Å². The van der Waals surface area contributed by atoms with Gasteiger partial charge in [0.2, 0.25) is 0 Å². The average molecular weight is 345 g/mol. The molecule has 0 spiro atoms. The van der Waals surface area contributed by atoms with E-state index in [2.05, 4.69) is 17.9 Å². The van der Waals surface area contributed by atoms with Crippen LogP contribution >= 0.6 is 12.6 Å². The molecule has 0 unspecified atom stereocenters. The maximum atomic E-state index is 12.0. The van der Waals surface area contributed by atoms with Gasteiger partial charge < -0.3 is 14.8 Å². The van der Waals surface area contributed by atoms with Crippen molar-refractivity contribution >= 4 is 24.7 Å². The average Bonchev–Trinajstić information content (AvgIpc) is 2.64. The zero-order chi connectivity index (χ0) is 17.2. The lowest BCUT2D eigenvalue weighted by Gasteiger charge is -2.15. The zero-order valence-corrected chi connectivity index (χ0v) is 13.9. The quantitative estimate of drug-likeness (QED) is 0.598. The summed E-state index contributed by atoms with van der Waals surface area (Å²) in [5, 5.41) is 2.46. The molecule has 0 saturated heterocycles. The number of carbonyl (C=O) groups is 2. The first-order chi connectivity index (χ1) is 11.7. The Kier molecular flexibility index (Phi) is 7.17. The summed E-state index contributed by atoms with van der Waals surface area (Å²) >= 11 is 4.08. The van der Waals surface area contributed by atoms with Crippen molar-refractivity contribution in [3.05, 3.63) is 71.8 Å². The van der Waals surface area contributed by atoms with Crippen LogP contribution in [-0.4, -0.2) is 23.9 Å². The predicted octanol–water partition coefficient (Wildman–Crippen LogP) is 2.95. The van der Waals surface area contributed by atoms with Crippen molar-refractivity contribution in [3.63, 3.8) is 0 Å². The molecule has 2 aromatic carbocycles. The third-order valence-electron chi connectivity index (χ3n) is 3.20. The van der Waals surface area contributed by atoms with E-state index >= 15 is 0 Å². The SMILES string of the molecule is O=C(N[C@@H](CS)C(=O)OCc1ccccc1)OCc1ccccc1. The maximum absolute atomic E-state index is 12.0. The Hall–Kier alpha value is -2.47. The van der Waals surface area contributed by atoms with Crippen LogP contribution in [0.4, 0.5) is 4.79 Å². The van der Waals surface area contributed by atoms with Gasteiger partial charge in [-0.25, -0.2) is 9.59 Å². The second kappa shape index (κ2) is 9.62. The molecule has 0 aromatic heterocycles. The van der Waals surface area contributed by atoms with Crippen LogP contribution in [-0.2, 0) is 27.5 Å². The molecule has 126 valence electrons. The Balaban J connectivity index is 1.77. The molecule has 2 rings (SSSR count). The van der Waals surface area contributed by atoms with Crippen LogP contribution < -0.4 is 5.32 Å². The minimum Gasteiger partial charge on any atom is -0.459 e. The minimum atomic E-state index is -0.861. The van der Waals surface area contributed by atoms with Gasteiger partial charge in [-0.05, 0) is 11.1 Å². The number of hydrogen-bond acceptors (Lipinski definition) is 5. The van der Waals surface area contributed by atoms with Crippen LogP contribution in [0.2, 0.25) is 0 Å². The van der Waals surface area contributed by atoms with Crippen molar-refractivity contribution in [1.82, 2.24) is 5.32 Å². The molecule has 0 heterocycles. The van der Waals surface area contributed by atoms with Crippen LogP contribution in [0.15, 0.2) is 60.7 Å². The molecule has 0 fully saturated rings. The van der Waals surface area contributed by atoms with Crippen molar-refractivity contribution in [2.24, 2.45) is 0 Å². The summed E-state index contributed by atoms with van der Waals surface area (Å²) in [4.78, 5) is 23.8. The molecule has 1 N–H and O–H groups in total. The molecule has 1 atom stereocenters. The number of benzene rings is 2. The standard InChI is InChI=1S/C18H19NO4S/c20-17(22-11-14-7-3-1-4-8-14)16(13-24)19-18(21)23-12-15-9-5-2-6-10-15/h1-10,16,24H,11-13H2,(H,19,21)/t16-/m0/s1. The van der Waals surface area contributed by atoms with E-state index in [1.54, 1.807) is 0 Å². The fourth-order valence-corrected chi connectivity index (χ4v) is 2.16. The van der Waals surface area contributed by atoms with Crippen molar-refractivity contribution in [2.45, 2.75) is 19.3 Å². The van der Waals surface area contributed by atoms with E-state index in [4.69, 9.17) is 9.47 Å². The van der Waals surface area contributed by atoms with Crippen LogP contribution in [0, 0.1) is 0 Å². The summed E-state index contributed by atoms with van der Waals surface area (Å²) in [6.07, 6.45) is -0.686. The van der Waals surface area contributed by atoms with Crippen LogP contribution in [0.1, 0.15) is 11.1 Å². The molecule has 0 aliphatic heterocycles. The van der Waals surface area contributed by atoms with Crippen molar-refractivity contribution in [2.75, 3.05) is 5.75 Å². The second-order valence-corrected chi connectivity index (χ2v) is 5.40. The second-order valence-electron chi connectivity index (χ2n) is 5.03. The summed E-state index contributed by atoms with van der Waals surface area (Å²) in [6.45, 7) is 0.274. The van der Waals surface area contributed by atoms with E-state index in [0.29, 0.717) is 0 Å². The molecule has 0 aliphatic carbocycles.